The van der Waals surface area contributed by atoms with Crippen LogP contribution >= 0.6 is 25.3 Å². The fourth-order valence-corrected chi connectivity index (χ4v) is 3.74. The first-order valence-electron chi connectivity index (χ1n) is 8.40. The van der Waals surface area contributed by atoms with E-state index in [2.05, 4.69) is 36.7 Å². The zero-order chi connectivity index (χ0) is 14.6. The highest BCUT2D eigenvalue weighted by Gasteiger charge is 2.09. The van der Waals surface area contributed by atoms with Gasteiger partial charge in [-0.25, -0.2) is 0 Å². The van der Waals surface area contributed by atoms with Crippen LogP contribution in [0.5, 0.6) is 0 Å². The molecule has 1 fully saturated rings. The van der Waals surface area contributed by atoms with Gasteiger partial charge in [-0.1, -0.05) is 25.0 Å². The molecule has 0 bridgehead atoms. The van der Waals surface area contributed by atoms with Crippen molar-refractivity contribution in [3.8, 4) is 0 Å². The van der Waals surface area contributed by atoms with Crippen LogP contribution in [0.1, 0.15) is 64.2 Å². The van der Waals surface area contributed by atoms with Crippen LogP contribution in [0, 0.1) is 0 Å². The Kier molecular flexibility index (Phi) is 11.1. The lowest BCUT2D eigenvalue weighted by Gasteiger charge is -2.26. The maximum absolute atomic E-state index is 4.57. The minimum Gasteiger partial charge on any atom is -0.303 e. The van der Waals surface area contributed by atoms with Crippen molar-refractivity contribution in [2.24, 2.45) is 0 Å². The summed E-state index contributed by atoms with van der Waals surface area (Å²) in [4.78, 5) is 2.62. The third-order valence-corrected chi connectivity index (χ3v) is 5.01. The molecule has 0 aromatic rings. The minimum atomic E-state index is 0.542. The fourth-order valence-electron chi connectivity index (χ4n) is 2.91. The quantitative estimate of drug-likeness (QED) is 0.309. The van der Waals surface area contributed by atoms with Gasteiger partial charge in [0.2, 0.25) is 0 Å². The third-order valence-electron chi connectivity index (χ3n) is 4.23. The first-order chi connectivity index (χ1) is 9.72. The number of hydrogen-bond acceptors (Lipinski definition) is 3. The standard InChI is InChI=1S/C17H33NS2/c1-16(8-3-4-10-17(20)11-15-19)9-7-14-18-12-5-2-6-13-18/h17,19-20H,1-15H2. The van der Waals surface area contributed by atoms with Crippen LogP contribution in [0.25, 0.3) is 0 Å². The lowest BCUT2D eigenvalue weighted by molar-refractivity contribution is 0.226. The largest absolute Gasteiger partial charge is 0.303 e. The van der Waals surface area contributed by atoms with Gasteiger partial charge in [0.1, 0.15) is 0 Å². The molecule has 1 atom stereocenters. The molecule has 0 aromatic heterocycles. The maximum atomic E-state index is 4.57. The number of piperidine rings is 1. The van der Waals surface area contributed by atoms with Crippen LogP contribution in [-0.4, -0.2) is 35.5 Å². The summed E-state index contributed by atoms with van der Waals surface area (Å²) in [5, 5.41) is 0.542. The summed E-state index contributed by atoms with van der Waals surface area (Å²) in [5.41, 5.74) is 1.45. The molecule has 1 saturated heterocycles. The minimum absolute atomic E-state index is 0.542. The van der Waals surface area contributed by atoms with E-state index in [4.69, 9.17) is 0 Å². The van der Waals surface area contributed by atoms with Crippen LogP contribution in [0.2, 0.25) is 0 Å². The summed E-state index contributed by atoms with van der Waals surface area (Å²) in [5.74, 6) is 0.956. The van der Waals surface area contributed by atoms with E-state index in [1.54, 1.807) is 0 Å². The van der Waals surface area contributed by atoms with Crippen molar-refractivity contribution < 1.29 is 0 Å². The zero-order valence-electron chi connectivity index (χ0n) is 13.0. The zero-order valence-corrected chi connectivity index (χ0v) is 14.8. The molecule has 20 heavy (non-hydrogen) atoms. The number of rotatable bonds is 11. The Balaban J connectivity index is 1.92. The molecule has 1 heterocycles. The van der Waals surface area contributed by atoms with Gasteiger partial charge in [-0.2, -0.15) is 25.3 Å². The highest BCUT2D eigenvalue weighted by molar-refractivity contribution is 7.81. The predicted molar refractivity (Wildman–Crippen MR) is 98.4 cm³/mol. The smallest absolute Gasteiger partial charge is 0.00245 e. The highest BCUT2D eigenvalue weighted by Crippen LogP contribution is 2.17. The average Bonchev–Trinajstić information content (AvgIpc) is 2.45. The van der Waals surface area contributed by atoms with Crippen molar-refractivity contribution in [1.82, 2.24) is 4.90 Å². The molecule has 1 aliphatic rings. The second-order valence-corrected chi connectivity index (χ2v) is 7.35. The van der Waals surface area contributed by atoms with E-state index in [0.717, 1.165) is 12.2 Å². The monoisotopic (exact) mass is 315 g/mol. The summed E-state index contributed by atoms with van der Waals surface area (Å²) >= 11 is 8.83. The van der Waals surface area contributed by atoms with Gasteiger partial charge in [-0.15, -0.1) is 0 Å². The summed E-state index contributed by atoms with van der Waals surface area (Å²) < 4.78 is 0. The Morgan fingerprint density at radius 3 is 2.40 bits per heavy atom. The lowest BCUT2D eigenvalue weighted by Crippen LogP contribution is -2.30. The summed E-state index contributed by atoms with van der Waals surface area (Å²) in [7, 11) is 0. The third kappa shape index (κ3) is 9.36. The normalized spacial score (nSPS) is 18.1. The van der Waals surface area contributed by atoms with Gasteiger partial charge in [0.15, 0.2) is 0 Å². The molecule has 0 aromatic carbocycles. The first kappa shape index (κ1) is 18.4. The van der Waals surface area contributed by atoms with E-state index in [1.807, 2.05) is 0 Å². The van der Waals surface area contributed by atoms with Gasteiger partial charge in [0, 0.05) is 5.25 Å². The lowest BCUT2D eigenvalue weighted by atomic mass is 10.0. The van der Waals surface area contributed by atoms with E-state index in [0.29, 0.717) is 5.25 Å². The molecule has 1 nitrogen and oxygen atoms in total. The number of nitrogens with zero attached hydrogens (tertiary/aromatic N) is 1. The predicted octanol–water partition coefficient (Wildman–Crippen LogP) is 4.99. The molecule has 118 valence electrons. The molecule has 0 radical (unpaired) electrons. The topological polar surface area (TPSA) is 3.24 Å². The molecule has 0 N–H and O–H groups in total. The second kappa shape index (κ2) is 12.0. The molecular weight excluding hydrogens is 282 g/mol. The Hall–Kier alpha value is 0.400. The van der Waals surface area contributed by atoms with E-state index < -0.39 is 0 Å². The van der Waals surface area contributed by atoms with Crippen molar-refractivity contribution in [1.29, 1.82) is 0 Å². The molecular formula is C17H33NS2. The van der Waals surface area contributed by atoms with E-state index in [-0.39, 0.29) is 0 Å². The van der Waals surface area contributed by atoms with Gasteiger partial charge in [-0.05, 0) is 76.8 Å². The Labute approximate surface area is 137 Å². The van der Waals surface area contributed by atoms with Crippen molar-refractivity contribution in [2.45, 2.75) is 69.5 Å². The van der Waals surface area contributed by atoms with Crippen LogP contribution in [-0.2, 0) is 0 Å². The van der Waals surface area contributed by atoms with Gasteiger partial charge in [0.05, 0.1) is 0 Å². The average molecular weight is 316 g/mol. The molecule has 0 aliphatic carbocycles. The molecule has 0 spiro atoms. The van der Waals surface area contributed by atoms with E-state index >= 15 is 0 Å². The van der Waals surface area contributed by atoms with Crippen LogP contribution in [0.15, 0.2) is 12.2 Å². The van der Waals surface area contributed by atoms with Crippen molar-refractivity contribution in [3.05, 3.63) is 12.2 Å². The number of unbranched alkanes of at least 4 members (excludes halogenated alkanes) is 1. The SMILES string of the molecule is C=C(CCCCC(S)CCS)CCCN1CCCCC1. The fraction of sp³-hybridized carbons (Fsp3) is 0.882. The van der Waals surface area contributed by atoms with Crippen LogP contribution in [0.4, 0.5) is 0 Å². The van der Waals surface area contributed by atoms with Gasteiger partial charge in [-0.3, -0.25) is 0 Å². The van der Waals surface area contributed by atoms with Crippen LogP contribution < -0.4 is 0 Å². The Morgan fingerprint density at radius 1 is 1.00 bits per heavy atom. The second-order valence-electron chi connectivity index (χ2n) is 6.17. The molecule has 0 amide bonds. The molecule has 1 unspecified atom stereocenters. The van der Waals surface area contributed by atoms with Crippen molar-refractivity contribution in [2.75, 3.05) is 25.4 Å². The molecule has 1 rings (SSSR count). The summed E-state index contributed by atoms with van der Waals surface area (Å²) in [6, 6.07) is 0. The Morgan fingerprint density at radius 2 is 1.70 bits per heavy atom. The summed E-state index contributed by atoms with van der Waals surface area (Å²) in [6.45, 7) is 8.16. The van der Waals surface area contributed by atoms with E-state index in [1.165, 1.54) is 83.0 Å². The van der Waals surface area contributed by atoms with Gasteiger partial charge in [0.25, 0.3) is 0 Å². The summed E-state index contributed by atoms with van der Waals surface area (Å²) in [6.07, 6.45) is 12.9. The highest BCUT2D eigenvalue weighted by atomic mass is 32.1. The Bertz CT molecular complexity index is 249. The number of allylic oxidation sites excluding steroid dienone is 1. The number of thiol groups is 2. The van der Waals surface area contributed by atoms with Gasteiger partial charge < -0.3 is 4.90 Å². The van der Waals surface area contributed by atoms with Crippen LogP contribution in [0.3, 0.4) is 0 Å². The number of hydrogen-bond donors (Lipinski definition) is 2. The maximum Gasteiger partial charge on any atom is 0.00245 e. The van der Waals surface area contributed by atoms with Crippen molar-refractivity contribution in [3.63, 3.8) is 0 Å². The molecule has 0 saturated carbocycles. The number of likely N-dealkylation sites (tertiary alicyclic amines) is 1. The first-order valence-corrected chi connectivity index (χ1v) is 9.55. The molecule has 3 heteroatoms. The molecule has 1 aliphatic heterocycles. The van der Waals surface area contributed by atoms with E-state index in [9.17, 15) is 0 Å². The van der Waals surface area contributed by atoms with Crippen molar-refractivity contribution >= 4 is 25.3 Å². The van der Waals surface area contributed by atoms with Gasteiger partial charge >= 0.3 is 0 Å².